The van der Waals surface area contributed by atoms with E-state index in [0.717, 1.165) is 29.7 Å². The van der Waals surface area contributed by atoms with Gasteiger partial charge in [0, 0.05) is 18.0 Å². The lowest BCUT2D eigenvalue weighted by Gasteiger charge is -2.32. The molecule has 1 unspecified atom stereocenters. The van der Waals surface area contributed by atoms with Crippen molar-refractivity contribution in [1.29, 1.82) is 0 Å². The molecule has 0 amide bonds. The minimum atomic E-state index is 0.398. The van der Waals surface area contributed by atoms with Gasteiger partial charge in [-0.2, -0.15) is 4.98 Å². The number of piperidine rings is 1. The van der Waals surface area contributed by atoms with Gasteiger partial charge in [-0.1, -0.05) is 6.92 Å². The zero-order valence-electron chi connectivity index (χ0n) is 12.4. The number of hydrogen-bond acceptors (Lipinski definition) is 4. The highest BCUT2D eigenvalue weighted by Gasteiger charge is 2.25. The third-order valence-corrected chi connectivity index (χ3v) is 6.08. The monoisotopic (exact) mass is 321 g/mol. The van der Waals surface area contributed by atoms with Gasteiger partial charge in [0.2, 0.25) is 5.28 Å². The average molecular weight is 322 g/mol. The molecule has 1 aliphatic heterocycles. The second-order valence-electron chi connectivity index (χ2n) is 6.40. The standard InChI is InChI=1S/C16H20ClN3S/c1-10-5-4-8-20(9-10)14-13-11-6-2-3-7-12(11)21-15(13)19-16(17)18-14/h10H,2-9H2,1H3. The molecule has 0 saturated carbocycles. The molecule has 21 heavy (non-hydrogen) atoms. The number of thiophene rings is 1. The van der Waals surface area contributed by atoms with E-state index in [1.54, 1.807) is 0 Å². The summed E-state index contributed by atoms with van der Waals surface area (Å²) in [5.41, 5.74) is 1.51. The van der Waals surface area contributed by atoms with Crippen molar-refractivity contribution in [2.75, 3.05) is 18.0 Å². The van der Waals surface area contributed by atoms with Crippen molar-refractivity contribution in [3.05, 3.63) is 15.7 Å². The van der Waals surface area contributed by atoms with E-state index in [1.807, 2.05) is 11.3 Å². The first-order valence-electron chi connectivity index (χ1n) is 7.95. The number of nitrogens with zero attached hydrogens (tertiary/aromatic N) is 3. The van der Waals surface area contributed by atoms with Gasteiger partial charge >= 0.3 is 0 Å². The topological polar surface area (TPSA) is 29.0 Å². The molecular formula is C16H20ClN3S. The van der Waals surface area contributed by atoms with Crippen molar-refractivity contribution in [2.45, 2.75) is 45.4 Å². The van der Waals surface area contributed by atoms with Crippen molar-refractivity contribution in [3.63, 3.8) is 0 Å². The van der Waals surface area contributed by atoms with Crippen molar-refractivity contribution in [1.82, 2.24) is 9.97 Å². The van der Waals surface area contributed by atoms with Crippen LogP contribution < -0.4 is 4.90 Å². The molecule has 3 heterocycles. The molecule has 2 aliphatic rings. The fourth-order valence-corrected chi connectivity index (χ4v) is 5.19. The molecule has 1 atom stereocenters. The molecule has 4 rings (SSSR count). The highest BCUT2D eigenvalue weighted by molar-refractivity contribution is 7.19. The predicted molar refractivity (Wildman–Crippen MR) is 89.7 cm³/mol. The van der Waals surface area contributed by atoms with E-state index in [0.29, 0.717) is 5.28 Å². The molecule has 2 aromatic heterocycles. The Hall–Kier alpha value is -0.870. The van der Waals surface area contributed by atoms with Gasteiger partial charge in [-0.3, -0.25) is 0 Å². The first kappa shape index (κ1) is 13.8. The smallest absolute Gasteiger partial charge is 0.225 e. The van der Waals surface area contributed by atoms with Crippen LogP contribution in [0, 0.1) is 5.92 Å². The summed E-state index contributed by atoms with van der Waals surface area (Å²) in [5, 5.41) is 1.70. The number of aromatic nitrogens is 2. The Balaban J connectivity index is 1.88. The van der Waals surface area contributed by atoms with Crippen LogP contribution in [0.15, 0.2) is 0 Å². The average Bonchev–Trinajstić information content (AvgIpc) is 2.84. The lowest BCUT2D eigenvalue weighted by Crippen LogP contribution is -2.35. The summed E-state index contributed by atoms with van der Waals surface area (Å²) in [5.74, 6) is 1.83. The summed E-state index contributed by atoms with van der Waals surface area (Å²) >= 11 is 8.03. The summed E-state index contributed by atoms with van der Waals surface area (Å²) in [6.07, 6.45) is 7.53. The van der Waals surface area contributed by atoms with Crippen LogP contribution >= 0.6 is 22.9 Å². The van der Waals surface area contributed by atoms with Crippen molar-refractivity contribution < 1.29 is 0 Å². The lowest BCUT2D eigenvalue weighted by atomic mass is 9.96. The molecule has 1 saturated heterocycles. The SMILES string of the molecule is CC1CCCN(c2nc(Cl)nc3sc4c(c23)CCCC4)C1. The fourth-order valence-electron chi connectivity index (χ4n) is 3.72. The highest BCUT2D eigenvalue weighted by atomic mass is 35.5. The van der Waals surface area contributed by atoms with Gasteiger partial charge in [-0.15, -0.1) is 11.3 Å². The van der Waals surface area contributed by atoms with E-state index >= 15 is 0 Å². The third kappa shape index (κ3) is 2.42. The summed E-state index contributed by atoms with van der Waals surface area (Å²) in [7, 11) is 0. The Morgan fingerprint density at radius 2 is 2.05 bits per heavy atom. The molecule has 5 heteroatoms. The maximum Gasteiger partial charge on any atom is 0.225 e. The minimum absolute atomic E-state index is 0.398. The summed E-state index contributed by atoms with van der Waals surface area (Å²) in [4.78, 5) is 14.2. The minimum Gasteiger partial charge on any atom is -0.356 e. The van der Waals surface area contributed by atoms with Gasteiger partial charge < -0.3 is 4.90 Å². The van der Waals surface area contributed by atoms with E-state index in [4.69, 9.17) is 11.6 Å². The van der Waals surface area contributed by atoms with Gasteiger partial charge in [0.25, 0.3) is 0 Å². The molecular weight excluding hydrogens is 302 g/mol. The van der Waals surface area contributed by atoms with Crippen LogP contribution in [-0.4, -0.2) is 23.1 Å². The molecule has 0 bridgehead atoms. The Labute approximate surface area is 134 Å². The van der Waals surface area contributed by atoms with E-state index in [-0.39, 0.29) is 0 Å². The normalized spacial score (nSPS) is 22.6. The molecule has 3 nitrogen and oxygen atoms in total. The molecule has 2 aromatic rings. The summed E-state index contributed by atoms with van der Waals surface area (Å²) in [6, 6.07) is 0. The van der Waals surface area contributed by atoms with Crippen molar-refractivity contribution in [3.8, 4) is 0 Å². The second-order valence-corrected chi connectivity index (χ2v) is 7.82. The van der Waals surface area contributed by atoms with Crippen LogP contribution in [-0.2, 0) is 12.8 Å². The highest BCUT2D eigenvalue weighted by Crippen LogP contribution is 2.40. The first-order chi connectivity index (χ1) is 10.2. The van der Waals surface area contributed by atoms with Gasteiger partial charge in [0.05, 0.1) is 5.39 Å². The third-order valence-electron chi connectivity index (χ3n) is 4.72. The molecule has 0 N–H and O–H groups in total. The molecule has 1 fully saturated rings. The lowest BCUT2D eigenvalue weighted by molar-refractivity contribution is 0.445. The largest absolute Gasteiger partial charge is 0.356 e. The molecule has 112 valence electrons. The zero-order valence-corrected chi connectivity index (χ0v) is 13.9. The van der Waals surface area contributed by atoms with Crippen LogP contribution in [0.5, 0.6) is 0 Å². The molecule has 0 radical (unpaired) electrons. The maximum atomic E-state index is 6.20. The Morgan fingerprint density at radius 3 is 2.90 bits per heavy atom. The van der Waals surface area contributed by atoms with Crippen LogP contribution in [0.1, 0.15) is 43.0 Å². The van der Waals surface area contributed by atoms with Crippen LogP contribution in [0.3, 0.4) is 0 Å². The predicted octanol–water partition coefficient (Wildman–Crippen LogP) is 4.46. The maximum absolute atomic E-state index is 6.20. The number of aryl methyl sites for hydroxylation is 2. The summed E-state index contributed by atoms with van der Waals surface area (Å²) < 4.78 is 0. The van der Waals surface area contributed by atoms with Crippen molar-refractivity contribution in [2.24, 2.45) is 5.92 Å². The fraction of sp³-hybridized carbons (Fsp3) is 0.625. The first-order valence-corrected chi connectivity index (χ1v) is 9.14. The number of fused-ring (bicyclic) bond motifs is 3. The van der Waals surface area contributed by atoms with Crippen LogP contribution in [0.4, 0.5) is 5.82 Å². The number of halogens is 1. The zero-order chi connectivity index (χ0) is 14.4. The van der Waals surface area contributed by atoms with E-state index < -0.39 is 0 Å². The van der Waals surface area contributed by atoms with E-state index in [9.17, 15) is 0 Å². The molecule has 0 aromatic carbocycles. The number of anilines is 1. The van der Waals surface area contributed by atoms with Crippen LogP contribution in [0.25, 0.3) is 10.2 Å². The number of hydrogen-bond donors (Lipinski definition) is 0. The van der Waals surface area contributed by atoms with Crippen molar-refractivity contribution >= 4 is 39.0 Å². The second kappa shape index (κ2) is 5.40. The van der Waals surface area contributed by atoms with Gasteiger partial charge in [-0.05, 0) is 61.6 Å². The quantitative estimate of drug-likeness (QED) is 0.726. The van der Waals surface area contributed by atoms with Gasteiger partial charge in [-0.25, -0.2) is 4.98 Å². The Bertz CT molecular complexity index is 682. The van der Waals surface area contributed by atoms with Crippen LogP contribution in [0.2, 0.25) is 5.28 Å². The molecule has 1 aliphatic carbocycles. The van der Waals surface area contributed by atoms with E-state index in [2.05, 4.69) is 21.8 Å². The Morgan fingerprint density at radius 1 is 1.19 bits per heavy atom. The summed E-state index contributed by atoms with van der Waals surface area (Å²) in [6.45, 7) is 4.51. The molecule has 0 spiro atoms. The van der Waals surface area contributed by atoms with Gasteiger partial charge in [0.15, 0.2) is 0 Å². The number of rotatable bonds is 1. The van der Waals surface area contributed by atoms with E-state index in [1.165, 1.54) is 54.4 Å². The van der Waals surface area contributed by atoms with Gasteiger partial charge in [0.1, 0.15) is 10.6 Å². The Kier molecular flexibility index (Phi) is 3.54.